The molecule has 0 aliphatic carbocycles. The molecule has 0 aromatic carbocycles. The highest BCUT2D eigenvalue weighted by molar-refractivity contribution is 7.47. The summed E-state index contributed by atoms with van der Waals surface area (Å²) in [6, 6.07) is 0. The van der Waals surface area contributed by atoms with E-state index in [0.717, 1.165) is 77.0 Å². The van der Waals surface area contributed by atoms with Gasteiger partial charge in [-0.25, -0.2) is 4.57 Å². The Hall–Kier alpha value is -2.03. The summed E-state index contributed by atoms with van der Waals surface area (Å²) in [4.78, 5) is 34.7. The minimum Gasteiger partial charge on any atom is -0.462 e. The van der Waals surface area contributed by atoms with Crippen molar-refractivity contribution in [3.63, 3.8) is 0 Å². The number of allylic oxidation sites excluding steroid dienone is 8. The van der Waals surface area contributed by atoms with Crippen molar-refractivity contribution in [3.8, 4) is 0 Å². The van der Waals surface area contributed by atoms with E-state index in [2.05, 4.69) is 62.5 Å². The van der Waals surface area contributed by atoms with E-state index >= 15 is 0 Å². The zero-order valence-electron chi connectivity index (χ0n) is 31.6. The van der Waals surface area contributed by atoms with E-state index in [0.29, 0.717) is 12.8 Å². The Labute approximate surface area is 305 Å². The molecule has 10 heteroatoms. The van der Waals surface area contributed by atoms with Crippen LogP contribution in [-0.2, 0) is 32.7 Å². The lowest BCUT2D eigenvalue weighted by Crippen LogP contribution is -2.29. The fourth-order valence-electron chi connectivity index (χ4n) is 4.99. The summed E-state index contributed by atoms with van der Waals surface area (Å²) >= 11 is 0. The molecule has 3 N–H and O–H groups in total. The van der Waals surface area contributed by atoms with Crippen LogP contribution < -0.4 is 5.73 Å². The molecular weight excluding hydrogens is 653 g/mol. The summed E-state index contributed by atoms with van der Waals surface area (Å²) in [5.41, 5.74) is 5.33. The van der Waals surface area contributed by atoms with Gasteiger partial charge in [0.15, 0.2) is 6.10 Å². The molecule has 0 rings (SSSR count). The zero-order chi connectivity index (χ0) is 36.8. The van der Waals surface area contributed by atoms with E-state index < -0.39 is 32.5 Å². The van der Waals surface area contributed by atoms with Gasteiger partial charge in [0.1, 0.15) is 6.61 Å². The first-order valence-electron chi connectivity index (χ1n) is 19.6. The second-order valence-electron chi connectivity index (χ2n) is 12.8. The van der Waals surface area contributed by atoms with Gasteiger partial charge in [0.25, 0.3) is 0 Å². The van der Waals surface area contributed by atoms with Crippen molar-refractivity contribution in [1.82, 2.24) is 0 Å². The molecule has 0 heterocycles. The molecule has 50 heavy (non-hydrogen) atoms. The fraction of sp³-hybridized carbons (Fsp3) is 0.750. The Morgan fingerprint density at radius 3 is 1.56 bits per heavy atom. The van der Waals surface area contributed by atoms with Crippen LogP contribution in [0.25, 0.3) is 0 Å². The van der Waals surface area contributed by atoms with Crippen molar-refractivity contribution in [1.29, 1.82) is 0 Å². The van der Waals surface area contributed by atoms with Crippen LogP contribution in [-0.4, -0.2) is 49.3 Å². The first-order chi connectivity index (χ1) is 24.3. The third kappa shape index (κ3) is 35.8. The van der Waals surface area contributed by atoms with E-state index in [1.54, 1.807) is 0 Å². The molecule has 0 saturated carbocycles. The third-order valence-corrected chi connectivity index (χ3v) is 8.92. The van der Waals surface area contributed by atoms with Crippen LogP contribution in [0.1, 0.15) is 162 Å². The van der Waals surface area contributed by atoms with E-state index in [9.17, 15) is 19.0 Å². The Bertz CT molecular complexity index is 965. The maximum atomic E-state index is 12.5. The SMILES string of the molecule is CCCCC/C=C/C/C=C/C/C=C/CCCCCCC(=O)OC[C@@H](COP(=O)(O)OCCN)OC(=O)CCCCCCC/C=C/CCCCC. The van der Waals surface area contributed by atoms with Gasteiger partial charge >= 0.3 is 19.8 Å². The predicted octanol–water partition coefficient (Wildman–Crippen LogP) is 10.8. The summed E-state index contributed by atoms with van der Waals surface area (Å²) in [6.45, 7) is 3.62. The number of nitrogens with two attached hydrogens (primary N) is 1. The average Bonchev–Trinajstić information content (AvgIpc) is 3.10. The molecule has 0 amide bonds. The lowest BCUT2D eigenvalue weighted by Gasteiger charge is -2.19. The summed E-state index contributed by atoms with van der Waals surface area (Å²) in [5, 5.41) is 0. The van der Waals surface area contributed by atoms with Gasteiger partial charge in [-0.3, -0.25) is 18.6 Å². The van der Waals surface area contributed by atoms with E-state index in [1.807, 2.05) is 0 Å². The monoisotopic (exact) mass is 725 g/mol. The second kappa shape index (κ2) is 36.8. The minimum atomic E-state index is -4.38. The molecule has 0 radical (unpaired) electrons. The van der Waals surface area contributed by atoms with Gasteiger partial charge in [-0.15, -0.1) is 0 Å². The highest BCUT2D eigenvalue weighted by atomic mass is 31.2. The van der Waals surface area contributed by atoms with Crippen LogP contribution in [0.2, 0.25) is 0 Å². The van der Waals surface area contributed by atoms with E-state index in [-0.39, 0.29) is 32.6 Å². The van der Waals surface area contributed by atoms with Crippen LogP contribution in [0.4, 0.5) is 0 Å². The number of hydrogen-bond acceptors (Lipinski definition) is 8. The molecular formula is C40H72NO8P. The number of ether oxygens (including phenoxy) is 2. The maximum Gasteiger partial charge on any atom is 0.472 e. The molecule has 2 atom stereocenters. The van der Waals surface area contributed by atoms with Crippen molar-refractivity contribution in [3.05, 3.63) is 48.6 Å². The highest BCUT2D eigenvalue weighted by Crippen LogP contribution is 2.43. The summed E-state index contributed by atoms with van der Waals surface area (Å²) in [5.74, 6) is -0.869. The average molecular weight is 726 g/mol. The van der Waals surface area contributed by atoms with E-state index in [4.69, 9.17) is 24.3 Å². The molecule has 9 nitrogen and oxygen atoms in total. The third-order valence-electron chi connectivity index (χ3n) is 7.94. The number of phosphoric ester groups is 1. The van der Waals surface area contributed by atoms with Gasteiger partial charge in [0.2, 0.25) is 0 Å². The molecule has 1 unspecified atom stereocenters. The van der Waals surface area contributed by atoms with Gasteiger partial charge in [-0.2, -0.15) is 0 Å². The quantitative estimate of drug-likeness (QED) is 0.0280. The lowest BCUT2D eigenvalue weighted by molar-refractivity contribution is -0.161. The van der Waals surface area contributed by atoms with Crippen molar-refractivity contribution in [2.24, 2.45) is 5.73 Å². The van der Waals surface area contributed by atoms with Gasteiger partial charge in [0.05, 0.1) is 13.2 Å². The standard InChI is InChI=1S/C40H72NO8P/c1-3-5-7-9-11-13-15-17-18-19-20-21-23-24-26-28-30-32-39(42)46-36-38(37-48-50(44,45)47-35-34-41)49-40(43)33-31-29-27-25-22-16-14-12-10-8-6-4-2/h11-14,17-18,20-21,38H,3-10,15-16,19,22-37,41H2,1-2H3,(H,44,45)/b13-11+,14-12+,18-17+,21-20+/t38-/m0/s1. The first-order valence-corrected chi connectivity index (χ1v) is 21.1. The Morgan fingerprint density at radius 1 is 0.600 bits per heavy atom. The predicted molar refractivity (Wildman–Crippen MR) is 206 cm³/mol. The van der Waals surface area contributed by atoms with Crippen LogP contribution in [0.3, 0.4) is 0 Å². The van der Waals surface area contributed by atoms with Gasteiger partial charge < -0.3 is 20.1 Å². The molecule has 0 aromatic heterocycles. The van der Waals surface area contributed by atoms with Crippen LogP contribution >= 0.6 is 7.82 Å². The van der Waals surface area contributed by atoms with Gasteiger partial charge in [0, 0.05) is 19.4 Å². The number of unbranched alkanes of at least 4 members (excludes halogenated alkanes) is 15. The van der Waals surface area contributed by atoms with Gasteiger partial charge in [-0.05, 0) is 77.0 Å². The van der Waals surface area contributed by atoms with Crippen molar-refractivity contribution in [2.75, 3.05) is 26.4 Å². The van der Waals surface area contributed by atoms with Crippen molar-refractivity contribution < 1.29 is 37.6 Å². The Morgan fingerprint density at radius 2 is 1.04 bits per heavy atom. The maximum absolute atomic E-state index is 12.5. The molecule has 0 aliphatic heterocycles. The second-order valence-corrected chi connectivity index (χ2v) is 14.2. The Balaban J connectivity index is 4.26. The van der Waals surface area contributed by atoms with Crippen molar-refractivity contribution >= 4 is 19.8 Å². The van der Waals surface area contributed by atoms with Gasteiger partial charge in [-0.1, -0.05) is 120 Å². The first kappa shape index (κ1) is 48.0. The summed E-state index contributed by atoms with van der Waals surface area (Å²) in [6.07, 6.45) is 39.9. The van der Waals surface area contributed by atoms with Crippen molar-refractivity contribution in [2.45, 2.75) is 168 Å². The number of carbonyl (C=O) groups excluding carboxylic acids is 2. The minimum absolute atomic E-state index is 0.0472. The number of esters is 2. The highest BCUT2D eigenvalue weighted by Gasteiger charge is 2.25. The van der Waals surface area contributed by atoms with Crippen LogP contribution in [0.5, 0.6) is 0 Å². The summed E-state index contributed by atoms with van der Waals surface area (Å²) < 4.78 is 32.6. The van der Waals surface area contributed by atoms with Crippen LogP contribution in [0.15, 0.2) is 48.6 Å². The number of rotatable bonds is 36. The zero-order valence-corrected chi connectivity index (χ0v) is 32.5. The molecule has 0 aromatic rings. The normalized spacial score (nSPS) is 13.9. The number of hydrogen-bond donors (Lipinski definition) is 2. The number of phosphoric acid groups is 1. The lowest BCUT2D eigenvalue weighted by atomic mass is 10.1. The topological polar surface area (TPSA) is 134 Å². The molecule has 0 fully saturated rings. The van der Waals surface area contributed by atoms with E-state index in [1.165, 1.54) is 44.9 Å². The summed E-state index contributed by atoms with van der Waals surface area (Å²) in [7, 11) is -4.38. The molecule has 290 valence electrons. The number of carbonyl (C=O) groups is 2. The molecule has 0 bridgehead atoms. The Kier molecular flexibility index (Phi) is 35.3. The molecule has 0 spiro atoms. The fourth-order valence-corrected chi connectivity index (χ4v) is 5.75. The molecule has 0 aliphatic rings. The molecule has 0 saturated heterocycles. The largest absolute Gasteiger partial charge is 0.472 e. The van der Waals surface area contributed by atoms with Crippen LogP contribution in [0, 0.1) is 0 Å². The smallest absolute Gasteiger partial charge is 0.462 e.